The molecule has 72 valence electrons. The Labute approximate surface area is 77.7 Å². The highest BCUT2D eigenvalue weighted by Crippen LogP contribution is 2.22. The van der Waals surface area contributed by atoms with Crippen LogP contribution in [0.25, 0.3) is 0 Å². The lowest BCUT2D eigenvalue weighted by atomic mass is 10.3. The maximum atomic E-state index is 13.2. The molecule has 0 aromatic carbocycles. The van der Waals surface area contributed by atoms with Gasteiger partial charge in [0.1, 0.15) is 0 Å². The number of rotatable bonds is 1. The van der Waals surface area contributed by atoms with E-state index in [2.05, 4.69) is 6.58 Å². The van der Waals surface area contributed by atoms with Crippen molar-refractivity contribution in [2.75, 3.05) is 6.54 Å². The average molecular weight is 183 g/mol. The summed E-state index contributed by atoms with van der Waals surface area (Å²) in [4.78, 5) is 12.8. The van der Waals surface area contributed by atoms with Crippen molar-refractivity contribution < 1.29 is 9.18 Å². The highest BCUT2D eigenvalue weighted by molar-refractivity contribution is 5.93. The van der Waals surface area contributed by atoms with Crippen molar-refractivity contribution in [2.45, 2.75) is 26.7 Å². The summed E-state index contributed by atoms with van der Waals surface area (Å²) in [6.07, 6.45) is 1.68. The highest BCUT2D eigenvalue weighted by Gasteiger charge is 2.25. The van der Waals surface area contributed by atoms with Gasteiger partial charge in [-0.3, -0.25) is 4.79 Å². The molecule has 13 heavy (non-hydrogen) atoms. The van der Waals surface area contributed by atoms with Crippen LogP contribution in [0.3, 0.4) is 0 Å². The Kier molecular flexibility index (Phi) is 2.86. The van der Waals surface area contributed by atoms with Gasteiger partial charge in [-0.05, 0) is 32.3 Å². The molecular weight excluding hydrogens is 169 g/mol. The maximum absolute atomic E-state index is 13.2. The van der Waals surface area contributed by atoms with E-state index in [1.54, 1.807) is 13.8 Å². The van der Waals surface area contributed by atoms with Gasteiger partial charge >= 0.3 is 0 Å². The Balaban J connectivity index is 2.79. The summed E-state index contributed by atoms with van der Waals surface area (Å²) in [5.41, 5.74) is 1.14. The predicted molar refractivity (Wildman–Crippen MR) is 49.6 cm³/mol. The first kappa shape index (κ1) is 9.96. The van der Waals surface area contributed by atoms with Crippen LogP contribution in [-0.2, 0) is 4.79 Å². The quantitative estimate of drug-likeness (QED) is 0.571. The van der Waals surface area contributed by atoms with Gasteiger partial charge in [-0.1, -0.05) is 6.58 Å². The molecule has 2 nitrogen and oxygen atoms in total. The molecule has 0 aromatic rings. The monoisotopic (exact) mass is 183 g/mol. The van der Waals surface area contributed by atoms with Crippen LogP contribution in [0.1, 0.15) is 26.7 Å². The van der Waals surface area contributed by atoms with Crippen molar-refractivity contribution in [3.63, 3.8) is 0 Å². The predicted octanol–water partition coefficient (Wildman–Crippen LogP) is 2.39. The lowest BCUT2D eigenvalue weighted by molar-refractivity contribution is -0.126. The minimum Gasteiger partial charge on any atom is -0.311 e. The molecule has 0 unspecified atom stereocenters. The minimum absolute atomic E-state index is 0.421. The molecule has 1 rings (SSSR count). The van der Waals surface area contributed by atoms with E-state index >= 15 is 0 Å². The molecule has 1 saturated heterocycles. The van der Waals surface area contributed by atoms with Crippen molar-refractivity contribution in [1.82, 2.24) is 4.90 Å². The van der Waals surface area contributed by atoms with E-state index in [1.807, 2.05) is 0 Å². The molecule has 0 radical (unpaired) electrons. The summed E-state index contributed by atoms with van der Waals surface area (Å²) >= 11 is 0. The molecule has 0 aromatic heterocycles. The van der Waals surface area contributed by atoms with Crippen LogP contribution in [0, 0.1) is 0 Å². The minimum atomic E-state index is -0.650. The van der Waals surface area contributed by atoms with E-state index in [0.29, 0.717) is 12.1 Å². The second kappa shape index (κ2) is 3.73. The van der Waals surface area contributed by atoms with E-state index in [0.717, 1.165) is 18.5 Å². The van der Waals surface area contributed by atoms with Gasteiger partial charge in [-0.15, -0.1) is 0 Å². The highest BCUT2D eigenvalue weighted by atomic mass is 19.1. The summed E-state index contributed by atoms with van der Waals surface area (Å²) in [6, 6.07) is 0. The number of hydrogen-bond acceptors (Lipinski definition) is 1. The lowest BCUT2D eigenvalue weighted by Gasteiger charge is -2.15. The van der Waals surface area contributed by atoms with E-state index < -0.39 is 11.7 Å². The summed E-state index contributed by atoms with van der Waals surface area (Å²) in [5, 5.41) is 0. The zero-order valence-corrected chi connectivity index (χ0v) is 8.06. The van der Waals surface area contributed by atoms with Crippen molar-refractivity contribution in [3.8, 4) is 0 Å². The number of hydrogen-bond donors (Lipinski definition) is 0. The second-order valence-electron chi connectivity index (χ2n) is 3.44. The van der Waals surface area contributed by atoms with E-state index in [9.17, 15) is 9.18 Å². The van der Waals surface area contributed by atoms with Gasteiger partial charge in [0.05, 0.1) is 0 Å². The van der Waals surface area contributed by atoms with Crippen LogP contribution in [0.2, 0.25) is 0 Å². The molecule has 1 heterocycles. The topological polar surface area (TPSA) is 20.3 Å². The Hall–Kier alpha value is -1.12. The van der Waals surface area contributed by atoms with Crippen molar-refractivity contribution in [1.29, 1.82) is 0 Å². The number of nitrogens with zero attached hydrogens (tertiary/aromatic N) is 1. The molecule has 0 atom stereocenters. The second-order valence-corrected chi connectivity index (χ2v) is 3.44. The van der Waals surface area contributed by atoms with Gasteiger partial charge in [-0.2, -0.15) is 0 Å². The molecule has 0 saturated carbocycles. The molecule has 1 amide bonds. The van der Waals surface area contributed by atoms with Crippen LogP contribution in [0.5, 0.6) is 0 Å². The van der Waals surface area contributed by atoms with Crippen LogP contribution < -0.4 is 0 Å². The summed E-state index contributed by atoms with van der Waals surface area (Å²) in [7, 11) is 0. The van der Waals surface area contributed by atoms with Crippen LogP contribution in [-0.4, -0.2) is 17.4 Å². The number of allylic oxidation sites excluding steroid dienone is 2. The largest absolute Gasteiger partial charge is 0.311 e. The average Bonchev–Trinajstić information content (AvgIpc) is 2.48. The fraction of sp³-hybridized carbons (Fsp3) is 0.500. The Morgan fingerprint density at radius 3 is 2.54 bits per heavy atom. The fourth-order valence-electron chi connectivity index (χ4n) is 1.31. The van der Waals surface area contributed by atoms with Gasteiger partial charge in [0.25, 0.3) is 5.91 Å². The molecule has 1 fully saturated rings. The molecule has 1 aliphatic rings. The Morgan fingerprint density at radius 2 is 2.15 bits per heavy atom. The molecule has 0 bridgehead atoms. The van der Waals surface area contributed by atoms with Gasteiger partial charge < -0.3 is 4.90 Å². The van der Waals surface area contributed by atoms with Crippen molar-refractivity contribution in [3.05, 3.63) is 23.7 Å². The smallest absolute Gasteiger partial charge is 0.286 e. The third kappa shape index (κ3) is 1.97. The summed E-state index contributed by atoms with van der Waals surface area (Å²) in [5.74, 6) is -1.19. The maximum Gasteiger partial charge on any atom is 0.286 e. The van der Waals surface area contributed by atoms with E-state index in [-0.39, 0.29) is 0 Å². The first-order valence-electron chi connectivity index (χ1n) is 4.36. The molecular formula is C10H14FNO. The van der Waals surface area contributed by atoms with E-state index in [1.165, 1.54) is 4.90 Å². The van der Waals surface area contributed by atoms with Crippen LogP contribution in [0.4, 0.5) is 4.39 Å². The standard InChI is InChI=1S/C10H14FNO/c1-7(2)9(11)10(13)12-6-4-5-8(12)3/h3-6H2,1-2H3. The van der Waals surface area contributed by atoms with E-state index in [4.69, 9.17) is 0 Å². The molecule has 0 spiro atoms. The van der Waals surface area contributed by atoms with Crippen LogP contribution >= 0.6 is 0 Å². The first-order valence-corrected chi connectivity index (χ1v) is 4.36. The number of carbonyl (C=O) groups excluding carboxylic acids is 1. The Morgan fingerprint density at radius 1 is 1.54 bits per heavy atom. The number of likely N-dealkylation sites (tertiary alicyclic amines) is 1. The zero-order valence-electron chi connectivity index (χ0n) is 8.06. The van der Waals surface area contributed by atoms with Gasteiger partial charge in [-0.25, -0.2) is 4.39 Å². The molecule has 0 aliphatic carbocycles. The van der Waals surface area contributed by atoms with Gasteiger partial charge in [0.15, 0.2) is 5.83 Å². The third-order valence-electron chi connectivity index (χ3n) is 2.10. The SMILES string of the molecule is C=C1CCCN1C(=O)C(F)=C(C)C. The van der Waals surface area contributed by atoms with Crippen LogP contribution in [0.15, 0.2) is 23.7 Å². The van der Waals surface area contributed by atoms with Crippen molar-refractivity contribution in [2.24, 2.45) is 0 Å². The molecule has 1 aliphatic heterocycles. The van der Waals surface area contributed by atoms with Crippen molar-refractivity contribution >= 4 is 5.91 Å². The first-order chi connectivity index (χ1) is 6.04. The van der Waals surface area contributed by atoms with Gasteiger partial charge in [0, 0.05) is 12.2 Å². The summed E-state index contributed by atoms with van der Waals surface area (Å²) in [6.45, 7) is 7.49. The molecule has 3 heteroatoms. The normalized spacial score (nSPS) is 16.2. The Bertz CT molecular complexity index is 277. The molecule has 0 N–H and O–H groups in total. The zero-order chi connectivity index (χ0) is 10.0. The number of amides is 1. The number of carbonyl (C=O) groups is 1. The lowest BCUT2D eigenvalue weighted by Crippen LogP contribution is -2.26. The third-order valence-corrected chi connectivity index (χ3v) is 2.10. The number of halogens is 1. The van der Waals surface area contributed by atoms with Gasteiger partial charge in [0.2, 0.25) is 0 Å². The summed E-state index contributed by atoms with van der Waals surface area (Å²) < 4.78 is 13.2. The fourth-order valence-corrected chi connectivity index (χ4v) is 1.31.